The van der Waals surface area contributed by atoms with E-state index in [-0.39, 0.29) is 0 Å². The lowest BCUT2D eigenvalue weighted by Gasteiger charge is -2.39. The van der Waals surface area contributed by atoms with Gasteiger partial charge in [-0.05, 0) is 24.9 Å². The predicted octanol–water partition coefficient (Wildman–Crippen LogP) is 2.12. The molecule has 2 aliphatic rings. The molecule has 3 heteroatoms. The highest BCUT2D eigenvalue weighted by Crippen LogP contribution is 2.24. The summed E-state index contributed by atoms with van der Waals surface area (Å²) < 4.78 is 0. The Bertz CT molecular complexity index is 394. The van der Waals surface area contributed by atoms with Gasteiger partial charge in [-0.3, -0.25) is 4.90 Å². The zero-order valence-electron chi connectivity index (χ0n) is 12.6. The number of nitrogens with zero attached hydrogens (tertiary/aromatic N) is 2. The van der Waals surface area contributed by atoms with Crippen molar-refractivity contribution in [1.82, 2.24) is 15.1 Å². The van der Waals surface area contributed by atoms with Gasteiger partial charge >= 0.3 is 0 Å². The molecular weight excluding hydrogens is 246 g/mol. The van der Waals surface area contributed by atoms with Gasteiger partial charge in [0.1, 0.15) is 0 Å². The van der Waals surface area contributed by atoms with E-state index in [2.05, 4.69) is 52.4 Å². The first-order valence-electron chi connectivity index (χ1n) is 8.11. The quantitative estimate of drug-likeness (QED) is 0.856. The SMILES string of the molecule is CCN1CCN(C(CNC2CC2)c2ccccc2)CC1. The van der Waals surface area contributed by atoms with Crippen LogP contribution in [-0.2, 0) is 0 Å². The van der Waals surface area contributed by atoms with Gasteiger partial charge in [0, 0.05) is 44.8 Å². The Balaban J connectivity index is 1.65. The molecule has 1 N–H and O–H groups in total. The summed E-state index contributed by atoms with van der Waals surface area (Å²) in [4.78, 5) is 5.21. The van der Waals surface area contributed by atoms with Crippen molar-refractivity contribution in [2.45, 2.75) is 31.8 Å². The Hall–Kier alpha value is -0.900. The first-order valence-corrected chi connectivity index (χ1v) is 8.11. The van der Waals surface area contributed by atoms with E-state index in [1.54, 1.807) is 0 Å². The molecule has 1 saturated heterocycles. The van der Waals surface area contributed by atoms with Gasteiger partial charge in [-0.2, -0.15) is 0 Å². The van der Waals surface area contributed by atoms with Crippen LogP contribution in [0.5, 0.6) is 0 Å². The van der Waals surface area contributed by atoms with Crippen LogP contribution in [0.15, 0.2) is 30.3 Å². The van der Waals surface area contributed by atoms with E-state index >= 15 is 0 Å². The van der Waals surface area contributed by atoms with Crippen molar-refractivity contribution in [3.63, 3.8) is 0 Å². The summed E-state index contributed by atoms with van der Waals surface area (Å²) in [5.74, 6) is 0. The number of hydrogen-bond acceptors (Lipinski definition) is 3. The number of hydrogen-bond donors (Lipinski definition) is 1. The van der Waals surface area contributed by atoms with Gasteiger partial charge in [0.15, 0.2) is 0 Å². The van der Waals surface area contributed by atoms with Crippen molar-refractivity contribution >= 4 is 0 Å². The molecule has 20 heavy (non-hydrogen) atoms. The van der Waals surface area contributed by atoms with Crippen molar-refractivity contribution in [2.75, 3.05) is 39.3 Å². The Morgan fingerprint density at radius 1 is 1.10 bits per heavy atom. The lowest BCUT2D eigenvalue weighted by molar-refractivity contribution is 0.0980. The summed E-state index contributed by atoms with van der Waals surface area (Å²) in [7, 11) is 0. The first kappa shape index (κ1) is 14.1. The van der Waals surface area contributed by atoms with Crippen molar-refractivity contribution in [2.24, 2.45) is 0 Å². The Labute approximate surface area is 123 Å². The Kier molecular flexibility index (Phi) is 4.71. The minimum Gasteiger partial charge on any atom is -0.312 e. The summed E-state index contributed by atoms with van der Waals surface area (Å²) >= 11 is 0. The number of nitrogens with one attached hydrogen (secondary N) is 1. The molecule has 1 heterocycles. The van der Waals surface area contributed by atoms with Gasteiger partial charge in [0.05, 0.1) is 0 Å². The zero-order valence-corrected chi connectivity index (χ0v) is 12.6. The van der Waals surface area contributed by atoms with Crippen LogP contribution < -0.4 is 5.32 Å². The average molecular weight is 273 g/mol. The van der Waals surface area contributed by atoms with Crippen LogP contribution in [-0.4, -0.2) is 55.1 Å². The van der Waals surface area contributed by atoms with E-state index in [0.717, 1.165) is 12.6 Å². The Morgan fingerprint density at radius 3 is 2.40 bits per heavy atom. The highest BCUT2D eigenvalue weighted by molar-refractivity contribution is 5.20. The molecule has 1 aliphatic heterocycles. The van der Waals surface area contributed by atoms with E-state index in [1.165, 1.54) is 51.1 Å². The first-order chi connectivity index (χ1) is 9.86. The molecule has 0 spiro atoms. The number of likely N-dealkylation sites (N-methyl/N-ethyl adjacent to an activating group) is 1. The molecule has 0 radical (unpaired) electrons. The molecule has 1 aliphatic carbocycles. The molecule has 3 rings (SSSR count). The second-order valence-electron chi connectivity index (χ2n) is 6.08. The summed E-state index contributed by atoms with van der Waals surface area (Å²) in [6.07, 6.45) is 2.73. The van der Waals surface area contributed by atoms with Gasteiger partial charge in [-0.15, -0.1) is 0 Å². The molecule has 2 fully saturated rings. The van der Waals surface area contributed by atoms with Crippen LogP contribution >= 0.6 is 0 Å². The molecule has 110 valence electrons. The minimum absolute atomic E-state index is 0.538. The average Bonchev–Trinajstić information content (AvgIpc) is 3.33. The lowest BCUT2D eigenvalue weighted by Crippen LogP contribution is -2.49. The van der Waals surface area contributed by atoms with E-state index in [0.29, 0.717) is 6.04 Å². The van der Waals surface area contributed by atoms with Crippen LogP contribution in [0.1, 0.15) is 31.4 Å². The molecule has 0 amide bonds. The van der Waals surface area contributed by atoms with Crippen molar-refractivity contribution in [3.05, 3.63) is 35.9 Å². The molecule has 1 unspecified atom stereocenters. The molecule has 1 aromatic rings. The summed E-state index contributed by atoms with van der Waals surface area (Å²) in [5.41, 5.74) is 1.46. The molecule has 1 atom stereocenters. The molecule has 0 bridgehead atoms. The molecular formula is C17H27N3. The summed E-state index contributed by atoms with van der Waals surface area (Å²) in [5, 5.41) is 3.72. The second-order valence-corrected chi connectivity index (χ2v) is 6.08. The van der Waals surface area contributed by atoms with Crippen LogP contribution in [0.2, 0.25) is 0 Å². The minimum atomic E-state index is 0.538. The smallest absolute Gasteiger partial charge is 0.0473 e. The molecule has 3 nitrogen and oxygen atoms in total. The van der Waals surface area contributed by atoms with Gasteiger partial charge in [0.25, 0.3) is 0 Å². The normalized spacial score (nSPS) is 22.9. The number of rotatable bonds is 6. The van der Waals surface area contributed by atoms with Crippen molar-refractivity contribution in [3.8, 4) is 0 Å². The standard InChI is InChI=1S/C17H27N3/c1-2-19-10-12-20(13-11-19)17(14-18-16-8-9-16)15-6-4-3-5-7-15/h3-7,16-18H,2,8-14H2,1H3. The fourth-order valence-corrected chi connectivity index (χ4v) is 3.09. The third-order valence-corrected chi connectivity index (χ3v) is 4.66. The van der Waals surface area contributed by atoms with Gasteiger partial charge in [-0.25, -0.2) is 0 Å². The monoisotopic (exact) mass is 273 g/mol. The maximum absolute atomic E-state index is 3.72. The van der Waals surface area contributed by atoms with Crippen molar-refractivity contribution in [1.29, 1.82) is 0 Å². The van der Waals surface area contributed by atoms with Gasteiger partial charge in [-0.1, -0.05) is 37.3 Å². The van der Waals surface area contributed by atoms with E-state index in [9.17, 15) is 0 Å². The summed E-state index contributed by atoms with van der Waals surface area (Å²) in [6.45, 7) is 9.36. The Morgan fingerprint density at radius 2 is 1.80 bits per heavy atom. The van der Waals surface area contributed by atoms with Gasteiger partial charge < -0.3 is 10.2 Å². The summed E-state index contributed by atoms with van der Waals surface area (Å²) in [6, 6.07) is 12.3. The van der Waals surface area contributed by atoms with Crippen LogP contribution in [0.3, 0.4) is 0 Å². The third-order valence-electron chi connectivity index (χ3n) is 4.66. The predicted molar refractivity (Wildman–Crippen MR) is 83.9 cm³/mol. The zero-order chi connectivity index (χ0) is 13.8. The third kappa shape index (κ3) is 3.60. The van der Waals surface area contributed by atoms with Crippen LogP contribution in [0.25, 0.3) is 0 Å². The molecule has 0 aromatic heterocycles. The van der Waals surface area contributed by atoms with Crippen LogP contribution in [0.4, 0.5) is 0 Å². The van der Waals surface area contributed by atoms with Crippen molar-refractivity contribution < 1.29 is 0 Å². The van der Waals surface area contributed by atoms with Crippen LogP contribution in [0, 0.1) is 0 Å². The topological polar surface area (TPSA) is 18.5 Å². The van der Waals surface area contributed by atoms with E-state index in [4.69, 9.17) is 0 Å². The fourth-order valence-electron chi connectivity index (χ4n) is 3.09. The van der Waals surface area contributed by atoms with E-state index in [1.807, 2.05) is 0 Å². The maximum atomic E-state index is 3.72. The highest BCUT2D eigenvalue weighted by Gasteiger charge is 2.27. The maximum Gasteiger partial charge on any atom is 0.0473 e. The largest absolute Gasteiger partial charge is 0.312 e. The highest BCUT2D eigenvalue weighted by atomic mass is 15.3. The second kappa shape index (κ2) is 6.70. The van der Waals surface area contributed by atoms with E-state index < -0.39 is 0 Å². The molecule has 1 aromatic carbocycles. The van der Waals surface area contributed by atoms with Gasteiger partial charge in [0.2, 0.25) is 0 Å². The lowest BCUT2D eigenvalue weighted by atomic mass is 10.0. The number of piperazine rings is 1. The number of benzene rings is 1. The fraction of sp³-hybridized carbons (Fsp3) is 0.647. The molecule has 1 saturated carbocycles.